The Balaban J connectivity index is 1.78. The second kappa shape index (κ2) is 7.57. The molecule has 1 amide bonds. The van der Waals surface area contributed by atoms with E-state index in [9.17, 15) is 4.79 Å². The van der Waals surface area contributed by atoms with E-state index in [0.29, 0.717) is 33.7 Å². The molecule has 1 saturated heterocycles. The third kappa shape index (κ3) is 3.76. The SMILES string of the molecule is COc1cc(Nc2ncc(C(=O)N3CCCC3)cn2)c(OC)cc1Cl. The number of benzene rings is 1. The number of amides is 1. The molecule has 0 bridgehead atoms. The summed E-state index contributed by atoms with van der Waals surface area (Å²) in [5, 5.41) is 3.49. The van der Waals surface area contributed by atoms with Crippen molar-refractivity contribution < 1.29 is 14.3 Å². The number of hydrogen-bond donors (Lipinski definition) is 1. The van der Waals surface area contributed by atoms with E-state index in [2.05, 4.69) is 15.3 Å². The molecule has 0 saturated carbocycles. The van der Waals surface area contributed by atoms with Crippen molar-refractivity contribution in [2.45, 2.75) is 12.8 Å². The summed E-state index contributed by atoms with van der Waals surface area (Å²) in [6.07, 6.45) is 5.14. The monoisotopic (exact) mass is 362 g/mol. The zero-order valence-corrected chi connectivity index (χ0v) is 14.8. The molecule has 1 N–H and O–H groups in total. The topological polar surface area (TPSA) is 76.6 Å². The molecule has 0 aliphatic carbocycles. The number of nitrogens with one attached hydrogen (secondary N) is 1. The predicted molar refractivity (Wildman–Crippen MR) is 95.0 cm³/mol. The quantitative estimate of drug-likeness (QED) is 0.880. The smallest absolute Gasteiger partial charge is 0.256 e. The summed E-state index contributed by atoms with van der Waals surface area (Å²) in [6.45, 7) is 1.58. The highest BCUT2D eigenvalue weighted by Crippen LogP contribution is 2.36. The average Bonchev–Trinajstić information content (AvgIpc) is 3.17. The van der Waals surface area contributed by atoms with Crippen LogP contribution in [0.4, 0.5) is 11.6 Å². The largest absolute Gasteiger partial charge is 0.495 e. The van der Waals surface area contributed by atoms with E-state index in [1.807, 2.05) is 4.90 Å². The molecule has 3 rings (SSSR count). The van der Waals surface area contributed by atoms with E-state index in [1.54, 1.807) is 19.2 Å². The van der Waals surface area contributed by atoms with Gasteiger partial charge in [-0.15, -0.1) is 0 Å². The molecule has 1 aliphatic heterocycles. The molecule has 132 valence electrons. The summed E-state index contributed by atoms with van der Waals surface area (Å²) < 4.78 is 10.5. The molecule has 2 aromatic rings. The predicted octanol–water partition coefficient (Wildman–Crippen LogP) is 3.13. The van der Waals surface area contributed by atoms with Crippen molar-refractivity contribution in [2.24, 2.45) is 0 Å². The molecule has 2 heterocycles. The number of hydrogen-bond acceptors (Lipinski definition) is 6. The van der Waals surface area contributed by atoms with Crippen LogP contribution in [-0.4, -0.2) is 48.1 Å². The van der Waals surface area contributed by atoms with Gasteiger partial charge in [-0.1, -0.05) is 11.6 Å². The van der Waals surface area contributed by atoms with Gasteiger partial charge in [-0.25, -0.2) is 9.97 Å². The van der Waals surface area contributed by atoms with E-state index in [0.717, 1.165) is 25.9 Å². The summed E-state index contributed by atoms with van der Waals surface area (Å²) in [5.41, 5.74) is 1.09. The highest BCUT2D eigenvalue weighted by Gasteiger charge is 2.20. The number of rotatable bonds is 5. The van der Waals surface area contributed by atoms with E-state index in [4.69, 9.17) is 21.1 Å². The van der Waals surface area contributed by atoms with Crippen LogP contribution >= 0.6 is 11.6 Å². The molecule has 1 aromatic heterocycles. The van der Waals surface area contributed by atoms with Crippen LogP contribution in [0.15, 0.2) is 24.5 Å². The van der Waals surface area contributed by atoms with Crippen molar-refractivity contribution in [1.82, 2.24) is 14.9 Å². The standard InChI is InChI=1S/C17H19ClN4O3/c1-24-14-8-13(15(25-2)7-12(14)18)21-17-19-9-11(10-20-17)16(23)22-5-3-4-6-22/h7-10H,3-6H2,1-2H3,(H,19,20,21). The number of nitrogens with zero attached hydrogens (tertiary/aromatic N) is 3. The minimum atomic E-state index is -0.0326. The lowest BCUT2D eigenvalue weighted by molar-refractivity contribution is 0.0792. The van der Waals surface area contributed by atoms with Crippen molar-refractivity contribution in [3.05, 3.63) is 35.1 Å². The Kier molecular flexibility index (Phi) is 5.23. The first kappa shape index (κ1) is 17.3. The molecule has 0 radical (unpaired) electrons. The number of anilines is 2. The Hall–Kier alpha value is -2.54. The van der Waals surface area contributed by atoms with Gasteiger partial charge in [0.25, 0.3) is 5.91 Å². The van der Waals surface area contributed by atoms with E-state index in [1.165, 1.54) is 19.5 Å². The lowest BCUT2D eigenvalue weighted by Gasteiger charge is -2.15. The Morgan fingerprint density at radius 2 is 1.76 bits per heavy atom. The number of aromatic nitrogens is 2. The maximum atomic E-state index is 12.3. The van der Waals surface area contributed by atoms with Crippen LogP contribution < -0.4 is 14.8 Å². The zero-order chi connectivity index (χ0) is 17.8. The number of carbonyl (C=O) groups is 1. The normalized spacial score (nSPS) is 13.6. The van der Waals surface area contributed by atoms with Crippen molar-refractivity contribution in [2.75, 3.05) is 32.6 Å². The van der Waals surface area contributed by atoms with E-state index < -0.39 is 0 Å². The van der Waals surface area contributed by atoms with Gasteiger partial charge >= 0.3 is 0 Å². The Bertz CT molecular complexity index is 761. The number of halogens is 1. The van der Waals surface area contributed by atoms with Crippen LogP contribution in [0.3, 0.4) is 0 Å². The summed E-state index contributed by atoms with van der Waals surface area (Å²) in [5.74, 6) is 1.35. The van der Waals surface area contributed by atoms with Crippen molar-refractivity contribution in [3.63, 3.8) is 0 Å². The van der Waals surface area contributed by atoms with Gasteiger partial charge in [-0.3, -0.25) is 4.79 Å². The second-order valence-electron chi connectivity index (χ2n) is 5.61. The molecule has 25 heavy (non-hydrogen) atoms. The fourth-order valence-electron chi connectivity index (χ4n) is 2.68. The Morgan fingerprint density at radius 1 is 1.12 bits per heavy atom. The summed E-state index contributed by atoms with van der Waals surface area (Å²) in [6, 6.07) is 3.35. The van der Waals surface area contributed by atoms with Gasteiger partial charge in [0.05, 0.1) is 30.5 Å². The first-order chi connectivity index (χ1) is 12.1. The second-order valence-corrected chi connectivity index (χ2v) is 6.01. The molecule has 1 fully saturated rings. The third-order valence-corrected chi connectivity index (χ3v) is 4.31. The fourth-order valence-corrected chi connectivity index (χ4v) is 2.92. The molecule has 8 heteroatoms. The maximum Gasteiger partial charge on any atom is 0.256 e. The van der Waals surface area contributed by atoms with Crippen molar-refractivity contribution >= 4 is 29.1 Å². The molecule has 1 aliphatic rings. The summed E-state index contributed by atoms with van der Waals surface area (Å²) in [7, 11) is 3.08. The van der Waals surface area contributed by atoms with Crippen LogP contribution in [0.25, 0.3) is 0 Å². The van der Waals surface area contributed by atoms with Crippen LogP contribution in [0.2, 0.25) is 5.02 Å². The van der Waals surface area contributed by atoms with E-state index in [-0.39, 0.29) is 5.91 Å². The Morgan fingerprint density at radius 3 is 2.36 bits per heavy atom. The molecular formula is C17H19ClN4O3. The van der Waals surface area contributed by atoms with Gasteiger partial charge in [0.2, 0.25) is 5.95 Å². The van der Waals surface area contributed by atoms with E-state index >= 15 is 0 Å². The molecule has 1 aromatic carbocycles. The highest BCUT2D eigenvalue weighted by molar-refractivity contribution is 6.32. The molecule has 7 nitrogen and oxygen atoms in total. The lowest BCUT2D eigenvalue weighted by Crippen LogP contribution is -2.27. The number of carbonyl (C=O) groups excluding carboxylic acids is 1. The average molecular weight is 363 g/mol. The number of methoxy groups -OCH3 is 2. The summed E-state index contributed by atoms with van der Waals surface area (Å²) >= 11 is 6.09. The minimum absolute atomic E-state index is 0.0326. The van der Waals surface area contributed by atoms with Gasteiger partial charge in [0, 0.05) is 37.6 Å². The summed E-state index contributed by atoms with van der Waals surface area (Å²) in [4.78, 5) is 22.6. The van der Waals surface area contributed by atoms with Crippen molar-refractivity contribution in [3.8, 4) is 11.5 Å². The molecule has 0 atom stereocenters. The van der Waals surface area contributed by atoms with Crippen LogP contribution in [-0.2, 0) is 0 Å². The fraction of sp³-hybridized carbons (Fsp3) is 0.353. The lowest BCUT2D eigenvalue weighted by atomic mass is 10.2. The van der Waals surface area contributed by atoms with Gasteiger partial charge in [0.1, 0.15) is 11.5 Å². The van der Waals surface area contributed by atoms with Crippen molar-refractivity contribution in [1.29, 1.82) is 0 Å². The van der Waals surface area contributed by atoms with Crippen LogP contribution in [0.1, 0.15) is 23.2 Å². The van der Waals surface area contributed by atoms with Gasteiger partial charge in [-0.05, 0) is 12.8 Å². The first-order valence-electron chi connectivity index (χ1n) is 7.92. The third-order valence-electron chi connectivity index (χ3n) is 4.01. The van der Waals surface area contributed by atoms with Gasteiger partial charge < -0.3 is 19.7 Å². The highest BCUT2D eigenvalue weighted by atomic mass is 35.5. The first-order valence-corrected chi connectivity index (χ1v) is 8.30. The van der Waals surface area contributed by atoms with Gasteiger partial charge in [-0.2, -0.15) is 0 Å². The Labute approximate surface area is 150 Å². The van der Waals surface area contributed by atoms with Crippen LogP contribution in [0.5, 0.6) is 11.5 Å². The number of ether oxygens (including phenoxy) is 2. The zero-order valence-electron chi connectivity index (χ0n) is 14.1. The van der Waals surface area contributed by atoms with Gasteiger partial charge in [0.15, 0.2) is 0 Å². The number of likely N-dealkylation sites (tertiary alicyclic amines) is 1. The minimum Gasteiger partial charge on any atom is -0.495 e. The van der Waals surface area contributed by atoms with Crippen LogP contribution in [0, 0.1) is 0 Å². The molecule has 0 spiro atoms. The maximum absolute atomic E-state index is 12.3. The molecular weight excluding hydrogens is 344 g/mol. The molecule has 0 unspecified atom stereocenters.